The van der Waals surface area contributed by atoms with E-state index in [9.17, 15) is 0 Å². The Labute approximate surface area is 123 Å². The van der Waals surface area contributed by atoms with Crippen molar-refractivity contribution in [2.45, 2.75) is 64.6 Å². The second-order valence-corrected chi connectivity index (χ2v) is 5.97. The van der Waals surface area contributed by atoms with Crippen molar-refractivity contribution in [1.82, 2.24) is 25.0 Å². The third-order valence-corrected chi connectivity index (χ3v) is 4.64. The van der Waals surface area contributed by atoms with Gasteiger partial charge in [-0.15, -0.1) is 0 Å². The van der Waals surface area contributed by atoms with E-state index in [2.05, 4.69) is 62.1 Å². The summed E-state index contributed by atoms with van der Waals surface area (Å²) in [6.07, 6.45) is 4.78. The molecule has 1 unspecified atom stereocenters. The molecule has 1 rings (SSSR count). The van der Waals surface area contributed by atoms with E-state index in [0.717, 1.165) is 25.1 Å². The van der Waals surface area contributed by atoms with Gasteiger partial charge in [0.25, 0.3) is 0 Å². The van der Waals surface area contributed by atoms with Crippen molar-refractivity contribution < 1.29 is 0 Å². The molecular formula is C15H31N5. The molecular weight excluding hydrogens is 250 g/mol. The van der Waals surface area contributed by atoms with Gasteiger partial charge in [0, 0.05) is 24.0 Å². The van der Waals surface area contributed by atoms with Gasteiger partial charge in [-0.3, -0.25) is 0 Å². The fourth-order valence-electron chi connectivity index (χ4n) is 3.28. The van der Waals surface area contributed by atoms with Crippen molar-refractivity contribution in [3.05, 3.63) is 12.2 Å². The number of likely N-dealkylation sites (N-methyl/N-ethyl adjacent to an activating group) is 2. The molecule has 0 aromatic carbocycles. The fraction of sp³-hybridized carbons (Fsp3) is 0.867. The number of hydrogen-bond acceptors (Lipinski definition) is 4. The zero-order valence-corrected chi connectivity index (χ0v) is 14.1. The summed E-state index contributed by atoms with van der Waals surface area (Å²) in [6.45, 7) is 8.82. The fourth-order valence-corrected chi connectivity index (χ4v) is 3.28. The summed E-state index contributed by atoms with van der Waals surface area (Å²) in [5.41, 5.74) is 0.141. The Bertz CT molecular complexity index is 393. The molecule has 1 heterocycles. The molecule has 1 N–H and O–H groups in total. The lowest BCUT2D eigenvalue weighted by molar-refractivity contribution is 0.0902. The van der Waals surface area contributed by atoms with Crippen LogP contribution in [0.3, 0.4) is 0 Å². The molecule has 0 saturated heterocycles. The first-order valence-corrected chi connectivity index (χ1v) is 7.66. The molecule has 5 nitrogen and oxygen atoms in total. The molecule has 116 valence electrons. The first-order chi connectivity index (χ1) is 9.42. The second kappa shape index (κ2) is 7.18. The van der Waals surface area contributed by atoms with E-state index in [1.807, 2.05) is 11.7 Å². The van der Waals surface area contributed by atoms with Gasteiger partial charge >= 0.3 is 0 Å². The van der Waals surface area contributed by atoms with Crippen molar-refractivity contribution in [1.29, 1.82) is 0 Å². The molecule has 1 aromatic heterocycles. The topological polar surface area (TPSA) is 46.0 Å². The number of nitrogens with zero attached hydrogens (tertiary/aromatic N) is 4. The van der Waals surface area contributed by atoms with Crippen LogP contribution in [0.2, 0.25) is 0 Å². The lowest BCUT2D eigenvalue weighted by Gasteiger charge is -2.45. The van der Waals surface area contributed by atoms with E-state index < -0.39 is 0 Å². The normalized spacial score (nSPS) is 14.2. The highest BCUT2D eigenvalue weighted by atomic mass is 15.3. The van der Waals surface area contributed by atoms with Crippen LogP contribution in [0, 0.1) is 0 Å². The Hall–Kier alpha value is -0.940. The monoisotopic (exact) mass is 281 g/mol. The second-order valence-electron chi connectivity index (χ2n) is 5.97. The van der Waals surface area contributed by atoms with Gasteiger partial charge in [0.05, 0.1) is 0 Å². The van der Waals surface area contributed by atoms with Crippen molar-refractivity contribution in [2.75, 3.05) is 21.1 Å². The molecule has 0 spiro atoms. The van der Waals surface area contributed by atoms with Gasteiger partial charge in [-0.05, 0) is 47.8 Å². The number of aromatic nitrogens is 3. The van der Waals surface area contributed by atoms with Crippen LogP contribution in [0.5, 0.6) is 0 Å². The Morgan fingerprint density at radius 2 is 1.90 bits per heavy atom. The summed E-state index contributed by atoms with van der Waals surface area (Å²) >= 11 is 0. The predicted molar refractivity (Wildman–Crippen MR) is 84.0 cm³/mol. The highest BCUT2D eigenvalue weighted by Crippen LogP contribution is 2.27. The molecule has 0 radical (unpaired) electrons. The van der Waals surface area contributed by atoms with E-state index in [4.69, 9.17) is 0 Å². The summed E-state index contributed by atoms with van der Waals surface area (Å²) in [6, 6.07) is 0.705. The smallest absolute Gasteiger partial charge is 0.138 e. The SMILES string of the molecule is CCC(CC)(C(Cc1ncnn1C(C)C)NC)N(C)C. The minimum atomic E-state index is 0.141. The maximum Gasteiger partial charge on any atom is 0.138 e. The summed E-state index contributed by atoms with van der Waals surface area (Å²) in [4.78, 5) is 6.81. The van der Waals surface area contributed by atoms with E-state index >= 15 is 0 Å². The summed E-state index contributed by atoms with van der Waals surface area (Å²) in [5.74, 6) is 1.06. The minimum Gasteiger partial charge on any atom is -0.315 e. The van der Waals surface area contributed by atoms with Crippen LogP contribution in [-0.4, -0.2) is 52.4 Å². The molecule has 0 amide bonds. The van der Waals surface area contributed by atoms with Crippen molar-refractivity contribution in [2.24, 2.45) is 0 Å². The average Bonchev–Trinajstić information content (AvgIpc) is 2.87. The lowest BCUT2D eigenvalue weighted by atomic mass is 9.81. The third-order valence-electron chi connectivity index (χ3n) is 4.64. The molecule has 1 aromatic rings. The van der Waals surface area contributed by atoms with Crippen molar-refractivity contribution >= 4 is 0 Å². The lowest BCUT2D eigenvalue weighted by Crippen LogP contribution is -2.58. The summed E-state index contributed by atoms with van der Waals surface area (Å²) in [7, 11) is 6.39. The number of rotatable bonds is 8. The Morgan fingerprint density at radius 1 is 1.30 bits per heavy atom. The highest BCUT2D eigenvalue weighted by Gasteiger charge is 2.37. The zero-order valence-electron chi connectivity index (χ0n) is 14.1. The first-order valence-electron chi connectivity index (χ1n) is 7.66. The van der Waals surface area contributed by atoms with Crippen LogP contribution in [0.25, 0.3) is 0 Å². The molecule has 1 atom stereocenters. The van der Waals surface area contributed by atoms with Gasteiger partial charge in [-0.1, -0.05) is 13.8 Å². The number of hydrogen-bond donors (Lipinski definition) is 1. The maximum absolute atomic E-state index is 4.46. The van der Waals surface area contributed by atoms with Crippen LogP contribution < -0.4 is 5.32 Å². The van der Waals surface area contributed by atoms with Crippen molar-refractivity contribution in [3.63, 3.8) is 0 Å². The van der Waals surface area contributed by atoms with E-state index in [0.29, 0.717) is 12.1 Å². The van der Waals surface area contributed by atoms with E-state index in [1.54, 1.807) is 6.33 Å². The summed E-state index contributed by atoms with van der Waals surface area (Å²) in [5, 5.41) is 7.85. The van der Waals surface area contributed by atoms with E-state index in [-0.39, 0.29) is 5.54 Å². The molecule has 0 aliphatic heterocycles. The van der Waals surface area contributed by atoms with Gasteiger partial charge in [0.15, 0.2) is 0 Å². The van der Waals surface area contributed by atoms with Crippen molar-refractivity contribution in [3.8, 4) is 0 Å². The molecule has 0 bridgehead atoms. The minimum absolute atomic E-state index is 0.141. The average molecular weight is 281 g/mol. The Kier molecular flexibility index (Phi) is 6.14. The van der Waals surface area contributed by atoms with E-state index in [1.165, 1.54) is 0 Å². The van der Waals surface area contributed by atoms with Gasteiger partial charge in [-0.25, -0.2) is 9.67 Å². The van der Waals surface area contributed by atoms with Crippen LogP contribution in [-0.2, 0) is 6.42 Å². The van der Waals surface area contributed by atoms with Gasteiger partial charge in [0.1, 0.15) is 12.2 Å². The van der Waals surface area contributed by atoms with Crippen LogP contribution in [0.4, 0.5) is 0 Å². The number of nitrogens with one attached hydrogen (secondary N) is 1. The van der Waals surface area contributed by atoms with Crippen LogP contribution in [0.1, 0.15) is 52.4 Å². The third kappa shape index (κ3) is 3.20. The molecule has 0 aliphatic carbocycles. The van der Waals surface area contributed by atoms with Crippen LogP contribution >= 0.6 is 0 Å². The zero-order chi connectivity index (χ0) is 15.3. The molecule has 0 aliphatic rings. The molecule has 20 heavy (non-hydrogen) atoms. The maximum atomic E-state index is 4.46. The molecule has 5 heteroatoms. The molecule has 0 saturated carbocycles. The van der Waals surface area contributed by atoms with Gasteiger partial charge in [-0.2, -0.15) is 5.10 Å². The largest absolute Gasteiger partial charge is 0.315 e. The predicted octanol–water partition coefficient (Wildman–Crippen LogP) is 2.11. The van der Waals surface area contributed by atoms with Crippen LogP contribution in [0.15, 0.2) is 6.33 Å². The summed E-state index contributed by atoms with van der Waals surface area (Å²) < 4.78 is 2.02. The quantitative estimate of drug-likeness (QED) is 0.793. The Balaban J connectivity index is 3.04. The molecule has 0 fully saturated rings. The standard InChI is InChI=1S/C15H31N5/c1-8-15(9-2,19(6)7)13(16-5)10-14-17-11-18-20(14)12(3)4/h11-13,16H,8-10H2,1-7H3. The highest BCUT2D eigenvalue weighted by molar-refractivity contribution is 5.02. The van der Waals surface area contributed by atoms with Gasteiger partial charge < -0.3 is 10.2 Å². The van der Waals surface area contributed by atoms with Gasteiger partial charge in [0.2, 0.25) is 0 Å². The Morgan fingerprint density at radius 3 is 2.30 bits per heavy atom. The first kappa shape index (κ1) is 17.1.